The molecule has 0 aromatic heterocycles. The molecule has 1 aliphatic carbocycles. The molecule has 2 unspecified atom stereocenters. The van der Waals surface area contributed by atoms with Gasteiger partial charge in [-0.3, -0.25) is 0 Å². The Hall–Kier alpha value is 0.767. The Bertz CT molecular complexity index is 462. The molecule has 1 aliphatic rings. The van der Waals surface area contributed by atoms with E-state index in [2.05, 4.69) is 20.8 Å². The monoisotopic (exact) mass is 533 g/mol. The molecule has 0 radical (unpaired) electrons. The summed E-state index contributed by atoms with van der Waals surface area (Å²) in [4.78, 5) is 10.8. The lowest BCUT2D eigenvalue weighted by atomic mass is 9.71. The van der Waals surface area contributed by atoms with Gasteiger partial charge in [0.2, 0.25) is 0 Å². The van der Waals surface area contributed by atoms with Crippen molar-refractivity contribution < 1.29 is 22.8 Å². The average Bonchev–Trinajstić information content (AvgIpc) is 2.68. The van der Waals surface area contributed by atoms with Crippen molar-refractivity contribution in [3.8, 4) is 0 Å². The van der Waals surface area contributed by atoms with Crippen LogP contribution in [0.5, 0.6) is 0 Å². The maximum absolute atomic E-state index is 10.8. The molecule has 6 nitrogen and oxygen atoms in total. The Morgan fingerprint density at radius 3 is 2.10 bits per heavy atom. The second-order valence-corrected chi connectivity index (χ2v) is 18.1. The van der Waals surface area contributed by atoms with Crippen LogP contribution in [0.15, 0.2) is 0 Å². The first-order chi connectivity index (χ1) is 14.7. The van der Waals surface area contributed by atoms with Crippen LogP contribution in [0.3, 0.4) is 0 Å². The van der Waals surface area contributed by atoms with E-state index in [1.54, 1.807) is 29.9 Å². The third-order valence-corrected chi connectivity index (χ3v) is 17.7. The summed E-state index contributed by atoms with van der Waals surface area (Å²) in [6.07, 6.45) is 5.02. The van der Waals surface area contributed by atoms with Crippen molar-refractivity contribution in [2.45, 2.75) is 86.2 Å². The van der Waals surface area contributed by atoms with Gasteiger partial charge in [-0.2, -0.15) is 0 Å². The Morgan fingerprint density at radius 1 is 1.06 bits per heavy atom. The summed E-state index contributed by atoms with van der Waals surface area (Å²) >= 11 is 0. The molecule has 0 aromatic rings. The topological polar surface area (TPSA) is 80.0 Å². The molecule has 0 aliphatic heterocycles. The van der Waals surface area contributed by atoms with Crippen LogP contribution >= 0.6 is 40.7 Å². The van der Waals surface area contributed by atoms with Gasteiger partial charge in [0.05, 0.1) is 0 Å². The average molecular weight is 534 g/mol. The van der Waals surface area contributed by atoms with Crippen LogP contribution < -0.4 is 5.73 Å². The van der Waals surface area contributed by atoms with Crippen molar-refractivity contribution in [2.75, 3.05) is 25.6 Å². The molecule has 0 saturated heterocycles. The van der Waals surface area contributed by atoms with E-state index in [9.17, 15) is 4.79 Å². The summed E-state index contributed by atoms with van der Waals surface area (Å²) in [7, 11) is 4.45. The first-order valence-electron chi connectivity index (χ1n) is 11.2. The van der Waals surface area contributed by atoms with E-state index in [4.69, 9.17) is 23.7 Å². The van der Waals surface area contributed by atoms with E-state index in [-0.39, 0.29) is 5.60 Å². The highest BCUT2D eigenvalue weighted by Gasteiger charge is 2.43. The summed E-state index contributed by atoms with van der Waals surface area (Å²) < 4.78 is 22.5. The number of carbonyl (C=O) groups is 1. The van der Waals surface area contributed by atoms with Crippen molar-refractivity contribution in [2.24, 2.45) is 17.6 Å². The smallest absolute Gasteiger partial charge is 0.443 e. The lowest BCUT2D eigenvalue weighted by Gasteiger charge is -2.42. The molecular weight excluding hydrogens is 491 g/mol. The molecule has 11 heteroatoms. The summed E-state index contributed by atoms with van der Waals surface area (Å²) in [5.74, 6) is 2.16. The summed E-state index contributed by atoms with van der Waals surface area (Å²) in [5, 5.41) is 0. The van der Waals surface area contributed by atoms with Gasteiger partial charge in [0.25, 0.3) is 0 Å². The van der Waals surface area contributed by atoms with Gasteiger partial charge in [0.1, 0.15) is 5.60 Å². The summed E-state index contributed by atoms with van der Waals surface area (Å²) in [6.45, 7) is 16.4. The molecule has 1 rings (SSSR count). The molecule has 2 N–H and O–H groups in total. The number of hydrogen-bond donors (Lipinski definition) is 1. The molecule has 2 atom stereocenters. The van der Waals surface area contributed by atoms with E-state index >= 15 is 0 Å². The summed E-state index contributed by atoms with van der Waals surface area (Å²) in [5.41, 5.74) is 4.77. The van der Waals surface area contributed by atoms with Crippen molar-refractivity contribution in [3.63, 3.8) is 0 Å². The third kappa shape index (κ3) is 13.3. The minimum atomic E-state index is -2.51. The van der Waals surface area contributed by atoms with Crippen LogP contribution in [0.4, 0.5) is 4.79 Å². The van der Waals surface area contributed by atoms with Gasteiger partial charge in [-0.15, -0.1) is 0 Å². The van der Waals surface area contributed by atoms with Crippen molar-refractivity contribution in [1.29, 1.82) is 0 Å². The van der Waals surface area contributed by atoms with Gasteiger partial charge in [0, 0.05) is 31.5 Å². The first kappa shape index (κ1) is 31.8. The maximum Gasteiger partial charge on any atom is 0.585 e. The molecule has 186 valence electrons. The molecular formula is C20H43NO5S4Si. The number of nitrogens with two attached hydrogens (primary N) is 1. The van der Waals surface area contributed by atoms with Crippen LogP contribution in [0.25, 0.3) is 0 Å². The fourth-order valence-corrected chi connectivity index (χ4v) is 17.7. The SMILES string of the molecule is CC(C)C1CCCCC1(C)OC(N)=O.CCCSSSS[Si](OCC)(OCC)OCC. The number of hydrogen-bond acceptors (Lipinski definition) is 9. The number of primary amides is 1. The van der Waals surface area contributed by atoms with E-state index in [0.717, 1.165) is 19.3 Å². The quantitative estimate of drug-likeness (QED) is 0.140. The largest absolute Gasteiger partial charge is 0.585 e. The molecule has 31 heavy (non-hydrogen) atoms. The molecule has 0 spiro atoms. The van der Waals surface area contributed by atoms with Crippen LogP contribution in [-0.4, -0.2) is 45.2 Å². The van der Waals surface area contributed by atoms with Gasteiger partial charge in [-0.1, -0.05) is 38.0 Å². The van der Waals surface area contributed by atoms with E-state index < -0.39 is 14.0 Å². The molecule has 1 amide bonds. The second kappa shape index (κ2) is 18.1. The predicted octanol–water partition coefficient (Wildman–Crippen LogP) is 7.31. The Labute approximate surface area is 206 Å². The minimum Gasteiger partial charge on any atom is -0.443 e. The van der Waals surface area contributed by atoms with E-state index in [0.29, 0.717) is 31.7 Å². The van der Waals surface area contributed by atoms with Gasteiger partial charge in [0.15, 0.2) is 0 Å². The van der Waals surface area contributed by atoms with Crippen molar-refractivity contribution >= 4 is 54.7 Å². The zero-order chi connectivity index (χ0) is 23.8. The highest BCUT2D eigenvalue weighted by Crippen LogP contribution is 2.48. The molecule has 0 heterocycles. The third-order valence-electron chi connectivity index (χ3n) is 4.82. The van der Waals surface area contributed by atoms with E-state index in [1.807, 2.05) is 38.5 Å². The van der Waals surface area contributed by atoms with Gasteiger partial charge in [-0.05, 0) is 89.2 Å². The van der Waals surface area contributed by atoms with Crippen molar-refractivity contribution in [1.82, 2.24) is 0 Å². The van der Waals surface area contributed by atoms with Gasteiger partial charge < -0.3 is 23.7 Å². The maximum atomic E-state index is 10.8. The molecule has 1 saturated carbocycles. The number of ether oxygens (including phenoxy) is 1. The number of carbonyl (C=O) groups excluding carboxylic acids is 1. The molecule has 0 aromatic carbocycles. The zero-order valence-corrected chi connectivity index (χ0v) is 24.5. The normalized spacial score (nSPS) is 21.5. The first-order valence-corrected chi connectivity index (χ1v) is 18.7. The molecule has 1 fully saturated rings. The van der Waals surface area contributed by atoms with Crippen LogP contribution in [0.1, 0.15) is 80.6 Å². The minimum absolute atomic E-state index is 0.335. The standard InChI is InChI=1S/C11H21NO2.C9H22O3S4Si/c1-8(2)9-6-4-5-7-11(9,3)14-10(12)13;1-5-9-13-14-15-16-17(10-6-2,11-7-3)12-8-4/h8-9H,4-7H2,1-3H3,(H2,12,13);5-9H2,1-4H3. The molecule has 0 bridgehead atoms. The Kier molecular flexibility index (Phi) is 18.6. The zero-order valence-electron chi connectivity index (χ0n) is 20.3. The fraction of sp³-hybridized carbons (Fsp3) is 0.950. The number of rotatable bonds is 14. The van der Waals surface area contributed by atoms with Crippen LogP contribution in [0.2, 0.25) is 0 Å². The fourth-order valence-electron chi connectivity index (χ4n) is 3.65. The highest BCUT2D eigenvalue weighted by atomic mass is 33.7. The summed E-state index contributed by atoms with van der Waals surface area (Å²) in [6, 6.07) is 0. The van der Waals surface area contributed by atoms with Gasteiger partial charge in [-0.25, -0.2) is 4.79 Å². The van der Waals surface area contributed by atoms with Gasteiger partial charge >= 0.3 is 14.0 Å². The van der Waals surface area contributed by atoms with E-state index in [1.165, 1.54) is 18.6 Å². The predicted molar refractivity (Wildman–Crippen MR) is 142 cm³/mol. The Balaban J connectivity index is 0.000000590. The number of amides is 1. The second-order valence-electron chi connectivity index (χ2n) is 7.67. The lowest BCUT2D eigenvalue weighted by Crippen LogP contribution is -2.45. The van der Waals surface area contributed by atoms with Crippen LogP contribution in [-0.2, 0) is 18.0 Å². The Morgan fingerprint density at radius 2 is 1.65 bits per heavy atom. The highest BCUT2D eigenvalue weighted by molar-refractivity contribution is 9.28. The van der Waals surface area contributed by atoms with Crippen molar-refractivity contribution in [3.05, 3.63) is 0 Å². The lowest BCUT2D eigenvalue weighted by molar-refractivity contribution is -0.0576. The van der Waals surface area contributed by atoms with Crippen LogP contribution in [0, 0.1) is 11.8 Å².